The SMILES string of the molecule is CCNC(COC)CN(CC)CC1CCC1. The van der Waals surface area contributed by atoms with E-state index in [2.05, 4.69) is 24.1 Å². The molecule has 0 aromatic carbocycles. The molecule has 0 saturated heterocycles. The van der Waals surface area contributed by atoms with Gasteiger partial charge in [0.05, 0.1) is 6.61 Å². The molecular weight excluding hydrogens is 200 g/mol. The first-order chi connectivity index (χ1) is 7.80. The molecule has 3 heteroatoms. The fourth-order valence-electron chi connectivity index (χ4n) is 2.35. The van der Waals surface area contributed by atoms with Gasteiger partial charge in [-0.1, -0.05) is 20.3 Å². The molecule has 0 aliphatic heterocycles. The molecule has 1 atom stereocenters. The molecule has 1 fully saturated rings. The van der Waals surface area contributed by atoms with Crippen molar-refractivity contribution in [2.24, 2.45) is 5.92 Å². The van der Waals surface area contributed by atoms with Crippen LogP contribution in [0.25, 0.3) is 0 Å². The smallest absolute Gasteiger partial charge is 0.0628 e. The van der Waals surface area contributed by atoms with Crippen LogP contribution >= 0.6 is 0 Å². The first kappa shape index (κ1) is 13.9. The molecule has 1 saturated carbocycles. The van der Waals surface area contributed by atoms with E-state index in [1.165, 1.54) is 25.8 Å². The molecular formula is C13H28N2O. The van der Waals surface area contributed by atoms with Gasteiger partial charge < -0.3 is 15.0 Å². The highest BCUT2D eigenvalue weighted by Crippen LogP contribution is 2.26. The third-order valence-corrected chi connectivity index (χ3v) is 3.53. The van der Waals surface area contributed by atoms with Gasteiger partial charge in [-0.2, -0.15) is 0 Å². The van der Waals surface area contributed by atoms with Crippen LogP contribution in [0.3, 0.4) is 0 Å². The topological polar surface area (TPSA) is 24.5 Å². The number of nitrogens with one attached hydrogen (secondary N) is 1. The summed E-state index contributed by atoms with van der Waals surface area (Å²) in [6, 6.07) is 0.482. The van der Waals surface area contributed by atoms with Crippen LogP contribution in [0, 0.1) is 5.92 Å². The summed E-state index contributed by atoms with van der Waals surface area (Å²) in [6.45, 7) is 9.81. The number of rotatable bonds is 9. The normalized spacial score (nSPS) is 18.8. The van der Waals surface area contributed by atoms with Crippen molar-refractivity contribution in [2.45, 2.75) is 39.2 Å². The maximum Gasteiger partial charge on any atom is 0.0628 e. The highest BCUT2D eigenvalue weighted by molar-refractivity contribution is 4.77. The van der Waals surface area contributed by atoms with Crippen LogP contribution in [0.4, 0.5) is 0 Å². The van der Waals surface area contributed by atoms with E-state index in [1.54, 1.807) is 7.11 Å². The van der Waals surface area contributed by atoms with E-state index in [1.807, 2.05) is 0 Å². The van der Waals surface area contributed by atoms with Crippen molar-refractivity contribution in [3.05, 3.63) is 0 Å². The summed E-state index contributed by atoms with van der Waals surface area (Å²) >= 11 is 0. The zero-order chi connectivity index (χ0) is 11.8. The molecule has 0 heterocycles. The quantitative estimate of drug-likeness (QED) is 0.650. The molecule has 0 radical (unpaired) electrons. The van der Waals surface area contributed by atoms with Crippen LogP contribution in [0.15, 0.2) is 0 Å². The second-order valence-electron chi connectivity index (χ2n) is 4.86. The lowest BCUT2D eigenvalue weighted by atomic mass is 9.85. The Bertz CT molecular complexity index is 165. The standard InChI is InChI=1S/C13H28N2O/c1-4-14-13(11-16-3)10-15(5-2)9-12-7-6-8-12/h12-14H,4-11H2,1-3H3. The molecule has 96 valence electrons. The van der Waals surface area contributed by atoms with Gasteiger partial charge in [0.2, 0.25) is 0 Å². The van der Waals surface area contributed by atoms with Gasteiger partial charge in [-0.25, -0.2) is 0 Å². The van der Waals surface area contributed by atoms with Crippen molar-refractivity contribution in [1.29, 1.82) is 0 Å². The fourth-order valence-corrected chi connectivity index (χ4v) is 2.35. The van der Waals surface area contributed by atoms with E-state index in [9.17, 15) is 0 Å². The number of hydrogen-bond donors (Lipinski definition) is 1. The second-order valence-corrected chi connectivity index (χ2v) is 4.86. The van der Waals surface area contributed by atoms with Crippen molar-refractivity contribution in [3.8, 4) is 0 Å². The Morgan fingerprint density at radius 2 is 2.12 bits per heavy atom. The monoisotopic (exact) mass is 228 g/mol. The number of methoxy groups -OCH3 is 1. The van der Waals surface area contributed by atoms with E-state index in [-0.39, 0.29) is 0 Å². The van der Waals surface area contributed by atoms with Crippen molar-refractivity contribution in [3.63, 3.8) is 0 Å². The van der Waals surface area contributed by atoms with Crippen LogP contribution in [-0.4, -0.2) is 50.8 Å². The number of ether oxygens (including phenoxy) is 1. The molecule has 0 amide bonds. The molecule has 1 N–H and O–H groups in total. The summed E-state index contributed by atoms with van der Waals surface area (Å²) in [5, 5.41) is 3.49. The third-order valence-electron chi connectivity index (χ3n) is 3.53. The van der Waals surface area contributed by atoms with Gasteiger partial charge in [0.15, 0.2) is 0 Å². The lowest BCUT2D eigenvalue weighted by Gasteiger charge is -2.33. The Balaban J connectivity index is 2.26. The van der Waals surface area contributed by atoms with Gasteiger partial charge in [-0.05, 0) is 31.8 Å². The molecule has 0 aromatic heterocycles. The van der Waals surface area contributed by atoms with Crippen molar-refractivity contribution in [1.82, 2.24) is 10.2 Å². The van der Waals surface area contributed by atoms with Crippen molar-refractivity contribution >= 4 is 0 Å². The van der Waals surface area contributed by atoms with E-state index in [4.69, 9.17) is 4.74 Å². The summed E-state index contributed by atoms with van der Waals surface area (Å²) in [5.74, 6) is 0.963. The lowest BCUT2D eigenvalue weighted by Crippen LogP contribution is -2.45. The Kier molecular flexibility index (Phi) is 7.01. The summed E-state index contributed by atoms with van der Waals surface area (Å²) in [4.78, 5) is 2.57. The number of likely N-dealkylation sites (N-methyl/N-ethyl adjacent to an activating group) is 2. The Hall–Kier alpha value is -0.120. The predicted octanol–water partition coefficient (Wildman–Crippen LogP) is 1.73. The molecule has 1 aliphatic rings. The van der Waals surface area contributed by atoms with Gasteiger partial charge >= 0.3 is 0 Å². The second kappa shape index (κ2) is 8.04. The third kappa shape index (κ3) is 4.81. The average molecular weight is 228 g/mol. The molecule has 16 heavy (non-hydrogen) atoms. The van der Waals surface area contributed by atoms with E-state index in [0.29, 0.717) is 6.04 Å². The maximum absolute atomic E-state index is 5.26. The maximum atomic E-state index is 5.26. The van der Waals surface area contributed by atoms with Gasteiger partial charge in [0.25, 0.3) is 0 Å². The molecule has 3 nitrogen and oxygen atoms in total. The number of nitrogens with zero attached hydrogens (tertiary/aromatic N) is 1. The average Bonchev–Trinajstić information content (AvgIpc) is 2.22. The summed E-state index contributed by atoms with van der Waals surface area (Å²) in [5.41, 5.74) is 0. The minimum absolute atomic E-state index is 0.482. The predicted molar refractivity (Wildman–Crippen MR) is 68.8 cm³/mol. The molecule has 1 rings (SSSR count). The lowest BCUT2D eigenvalue weighted by molar-refractivity contribution is 0.122. The van der Waals surface area contributed by atoms with E-state index >= 15 is 0 Å². The zero-order valence-corrected chi connectivity index (χ0v) is 11.2. The largest absolute Gasteiger partial charge is 0.383 e. The first-order valence-corrected chi connectivity index (χ1v) is 6.74. The van der Waals surface area contributed by atoms with E-state index < -0.39 is 0 Å². The summed E-state index contributed by atoms with van der Waals surface area (Å²) in [7, 11) is 1.78. The molecule has 0 bridgehead atoms. The van der Waals surface area contributed by atoms with Gasteiger partial charge in [-0.15, -0.1) is 0 Å². The molecule has 0 spiro atoms. The Morgan fingerprint density at radius 3 is 2.56 bits per heavy atom. The minimum atomic E-state index is 0.482. The van der Waals surface area contributed by atoms with Crippen molar-refractivity contribution < 1.29 is 4.74 Å². The Morgan fingerprint density at radius 1 is 1.38 bits per heavy atom. The van der Waals surface area contributed by atoms with Crippen LogP contribution in [0.1, 0.15) is 33.1 Å². The minimum Gasteiger partial charge on any atom is -0.383 e. The highest BCUT2D eigenvalue weighted by atomic mass is 16.5. The van der Waals surface area contributed by atoms with Crippen LogP contribution in [0.2, 0.25) is 0 Å². The van der Waals surface area contributed by atoms with Crippen LogP contribution in [-0.2, 0) is 4.74 Å². The summed E-state index contributed by atoms with van der Waals surface area (Å²) in [6.07, 6.45) is 4.32. The van der Waals surface area contributed by atoms with Crippen molar-refractivity contribution in [2.75, 3.05) is 39.9 Å². The summed E-state index contributed by atoms with van der Waals surface area (Å²) < 4.78 is 5.26. The zero-order valence-electron chi connectivity index (χ0n) is 11.2. The van der Waals surface area contributed by atoms with E-state index in [0.717, 1.165) is 32.2 Å². The van der Waals surface area contributed by atoms with Gasteiger partial charge in [-0.3, -0.25) is 0 Å². The fraction of sp³-hybridized carbons (Fsp3) is 1.00. The number of hydrogen-bond acceptors (Lipinski definition) is 3. The van der Waals surface area contributed by atoms with Crippen LogP contribution < -0.4 is 5.32 Å². The van der Waals surface area contributed by atoms with Gasteiger partial charge in [0, 0.05) is 26.2 Å². The first-order valence-electron chi connectivity index (χ1n) is 6.74. The van der Waals surface area contributed by atoms with Crippen LogP contribution in [0.5, 0.6) is 0 Å². The molecule has 1 unspecified atom stereocenters. The molecule has 1 aliphatic carbocycles. The highest BCUT2D eigenvalue weighted by Gasteiger charge is 2.21. The Labute approximate surface area is 101 Å². The van der Waals surface area contributed by atoms with Gasteiger partial charge in [0.1, 0.15) is 0 Å². The molecule has 0 aromatic rings.